The highest BCUT2D eigenvalue weighted by Gasteiger charge is 2.14. The SMILES string of the molecule is CC(NC(=O)N(C)CCO)c1cnn(Cc2ccccc2)c1. The number of amides is 2. The van der Waals surface area contributed by atoms with Crippen molar-refractivity contribution in [2.75, 3.05) is 20.2 Å². The van der Waals surface area contributed by atoms with Crippen LogP contribution in [0.5, 0.6) is 0 Å². The van der Waals surface area contributed by atoms with E-state index in [1.54, 1.807) is 13.2 Å². The van der Waals surface area contributed by atoms with Gasteiger partial charge in [-0.05, 0) is 12.5 Å². The molecule has 0 spiro atoms. The Kier molecular flexibility index (Phi) is 5.55. The molecule has 2 aromatic rings. The van der Waals surface area contributed by atoms with Crippen molar-refractivity contribution >= 4 is 6.03 Å². The Morgan fingerprint density at radius 1 is 1.41 bits per heavy atom. The molecule has 0 aliphatic rings. The molecule has 0 fully saturated rings. The van der Waals surface area contributed by atoms with E-state index in [2.05, 4.69) is 22.5 Å². The van der Waals surface area contributed by atoms with E-state index >= 15 is 0 Å². The number of aromatic nitrogens is 2. The zero-order chi connectivity index (χ0) is 15.9. The molecule has 0 aliphatic heterocycles. The van der Waals surface area contributed by atoms with Crippen LogP contribution in [0.1, 0.15) is 24.1 Å². The molecule has 2 N–H and O–H groups in total. The van der Waals surface area contributed by atoms with Crippen molar-refractivity contribution < 1.29 is 9.90 Å². The molecule has 0 saturated heterocycles. The van der Waals surface area contributed by atoms with Gasteiger partial charge >= 0.3 is 6.03 Å². The smallest absolute Gasteiger partial charge is 0.317 e. The number of aliphatic hydroxyl groups is 1. The first-order chi connectivity index (χ1) is 10.6. The summed E-state index contributed by atoms with van der Waals surface area (Å²) in [6, 6.07) is 9.74. The average molecular weight is 302 g/mol. The van der Waals surface area contributed by atoms with Gasteiger partial charge in [-0.15, -0.1) is 0 Å². The molecule has 1 heterocycles. The Morgan fingerprint density at radius 2 is 2.14 bits per heavy atom. The summed E-state index contributed by atoms with van der Waals surface area (Å²) in [5, 5.41) is 16.1. The van der Waals surface area contributed by atoms with E-state index in [0.29, 0.717) is 13.1 Å². The number of carbonyl (C=O) groups is 1. The van der Waals surface area contributed by atoms with Crippen LogP contribution < -0.4 is 5.32 Å². The van der Waals surface area contributed by atoms with E-state index in [-0.39, 0.29) is 18.7 Å². The first kappa shape index (κ1) is 16.0. The van der Waals surface area contributed by atoms with Crippen molar-refractivity contribution in [1.82, 2.24) is 20.0 Å². The third-order valence-corrected chi connectivity index (χ3v) is 3.46. The maximum atomic E-state index is 11.9. The molecule has 2 rings (SSSR count). The lowest BCUT2D eigenvalue weighted by molar-refractivity contribution is 0.188. The minimum Gasteiger partial charge on any atom is -0.395 e. The summed E-state index contributed by atoms with van der Waals surface area (Å²) < 4.78 is 1.85. The third kappa shape index (κ3) is 4.33. The molecule has 6 nitrogen and oxygen atoms in total. The quantitative estimate of drug-likeness (QED) is 0.852. The van der Waals surface area contributed by atoms with Crippen molar-refractivity contribution in [3.8, 4) is 0 Å². The van der Waals surface area contributed by atoms with Gasteiger partial charge in [0.05, 0.1) is 25.4 Å². The number of likely N-dealkylation sites (N-methyl/N-ethyl adjacent to an activating group) is 1. The Morgan fingerprint density at radius 3 is 2.82 bits per heavy atom. The number of urea groups is 1. The van der Waals surface area contributed by atoms with Crippen molar-refractivity contribution in [3.63, 3.8) is 0 Å². The van der Waals surface area contributed by atoms with Gasteiger partial charge in [-0.3, -0.25) is 4.68 Å². The van der Waals surface area contributed by atoms with Gasteiger partial charge < -0.3 is 15.3 Å². The van der Waals surface area contributed by atoms with E-state index in [9.17, 15) is 4.79 Å². The predicted molar refractivity (Wildman–Crippen MR) is 84.4 cm³/mol. The van der Waals surface area contributed by atoms with Gasteiger partial charge in [0, 0.05) is 25.4 Å². The zero-order valence-corrected chi connectivity index (χ0v) is 12.9. The first-order valence-corrected chi connectivity index (χ1v) is 7.29. The number of nitrogens with zero attached hydrogens (tertiary/aromatic N) is 3. The second-order valence-corrected chi connectivity index (χ2v) is 5.27. The molecule has 1 aromatic heterocycles. The number of carbonyl (C=O) groups excluding carboxylic acids is 1. The molecular formula is C16H22N4O2. The van der Waals surface area contributed by atoms with E-state index in [1.165, 1.54) is 10.5 Å². The van der Waals surface area contributed by atoms with Gasteiger partial charge in [0.1, 0.15) is 0 Å². The topological polar surface area (TPSA) is 70.4 Å². The van der Waals surface area contributed by atoms with Crippen molar-refractivity contribution in [3.05, 3.63) is 53.9 Å². The molecule has 118 valence electrons. The van der Waals surface area contributed by atoms with Crippen LogP contribution >= 0.6 is 0 Å². The van der Waals surface area contributed by atoms with Crippen LogP contribution in [-0.2, 0) is 6.54 Å². The van der Waals surface area contributed by atoms with E-state index < -0.39 is 0 Å². The normalized spacial score (nSPS) is 12.0. The molecule has 6 heteroatoms. The maximum Gasteiger partial charge on any atom is 0.317 e. The molecule has 0 bridgehead atoms. The first-order valence-electron chi connectivity index (χ1n) is 7.29. The number of rotatable bonds is 6. The molecular weight excluding hydrogens is 280 g/mol. The van der Waals surface area contributed by atoms with Crippen LogP contribution in [0.2, 0.25) is 0 Å². The lowest BCUT2D eigenvalue weighted by atomic mass is 10.2. The summed E-state index contributed by atoms with van der Waals surface area (Å²) >= 11 is 0. The van der Waals surface area contributed by atoms with Gasteiger partial charge in [0.15, 0.2) is 0 Å². The molecule has 1 aromatic carbocycles. The minimum absolute atomic E-state index is 0.0483. The largest absolute Gasteiger partial charge is 0.395 e. The highest BCUT2D eigenvalue weighted by atomic mass is 16.3. The zero-order valence-electron chi connectivity index (χ0n) is 12.9. The van der Waals surface area contributed by atoms with Crippen molar-refractivity contribution in [2.24, 2.45) is 0 Å². The van der Waals surface area contributed by atoms with Crippen LogP contribution in [0.3, 0.4) is 0 Å². The minimum atomic E-state index is -0.211. The van der Waals surface area contributed by atoms with Crippen LogP contribution in [0.25, 0.3) is 0 Å². The second-order valence-electron chi connectivity index (χ2n) is 5.27. The summed E-state index contributed by atoms with van der Waals surface area (Å²) in [6.45, 7) is 2.87. The van der Waals surface area contributed by atoms with Crippen molar-refractivity contribution in [2.45, 2.75) is 19.5 Å². The molecule has 0 aliphatic carbocycles. The van der Waals surface area contributed by atoms with Crippen LogP contribution in [0.4, 0.5) is 4.79 Å². The Labute approximate surface area is 130 Å². The van der Waals surface area contributed by atoms with Gasteiger partial charge in [-0.1, -0.05) is 30.3 Å². The Bertz CT molecular complexity index is 597. The summed E-state index contributed by atoms with van der Waals surface area (Å²) in [7, 11) is 1.65. The summed E-state index contributed by atoms with van der Waals surface area (Å²) in [5.74, 6) is 0. The van der Waals surface area contributed by atoms with E-state index in [1.807, 2.05) is 36.0 Å². The third-order valence-electron chi connectivity index (χ3n) is 3.46. The van der Waals surface area contributed by atoms with Gasteiger partial charge in [-0.2, -0.15) is 5.10 Å². The standard InChI is InChI=1S/C16H22N4O2/c1-13(18-16(22)19(2)8-9-21)15-10-17-20(12-15)11-14-6-4-3-5-7-14/h3-7,10,12-13,21H,8-9,11H2,1-2H3,(H,18,22). The highest BCUT2D eigenvalue weighted by molar-refractivity contribution is 5.74. The maximum absolute atomic E-state index is 11.9. The second kappa shape index (κ2) is 7.61. The fourth-order valence-electron chi connectivity index (χ4n) is 2.09. The van der Waals surface area contributed by atoms with Crippen molar-refractivity contribution in [1.29, 1.82) is 0 Å². The lowest BCUT2D eigenvalue weighted by Gasteiger charge is -2.19. The summed E-state index contributed by atoms with van der Waals surface area (Å²) in [5.41, 5.74) is 2.12. The number of benzene rings is 1. The monoisotopic (exact) mass is 302 g/mol. The summed E-state index contributed by atoms with van der Waals surface area (Å²) in [4.78, 5) is 13.3. The fourth-order valence-corrected chi connectivity index (χ4v) is 2.09. The van der Waals surface area contributed by atoms with Crippen LogP contribution in [0.15, 0.2) is 42.7 Å². The van der Waals surface area contributed by atoms with E-state index in [0.717, 1.165) is 5.56 Å². The van der Waals surface area contributed by atoms with Gasteiger partial charge in [-0.25, -0.2) is 4.79 Å². The molecule has 2 amide bonds. The fraction of sp³-hybridized carbons (Fsp3) is 0.375. The van der Waals surface area contributed by atoms with Crippen LogP contribution in [-0.4, -0.2) is 46.0 Å². The highest BCUT2D eigenvalue weighted by Crippen LogP contribution is 2.12. The average Bonchev–Trinajstić information content (AvgIpc) is 2.97. The van der Waals surface area contributed by atoms with E-state index in [4.69, 9.17) is 5.11 Å². The molecule has 22 heavy (non-hydrogen) atoms. The Hall–Kier alpha value is -2.34. The number of aliphatic hydroxyl groups excluding tert-OH is 1. The molecule has 0 radical (unpaired) electrons. The molecule has 1 unspecified atom stereocenters. The number of hydrogen-bond acceptors (Lipinski definition) is 3. The predicted octanol–water partition coefficient (Wildman–Crippen LogP) is 1.63. The van der Waals surface area contributed by atoms with Gasteiger partial charge in [0.25, 0.3) is 0 Å². The lowest BCUT2D eigenvalue weighted by Crippen LogP contribution is -2.39. The summed E-state index contributed by atoms with van der Waals surface area (Å²) in [6.07, 6.45) is 3.70. The number of nitrogens with one attached hydrogen (secondary N) is 1. The molecule has 0 saturated carbocycles. The number of hydrogen-bond donors (Lipinski definition) is 2. The van der Waals surface area contributed by atoms with Gasteiger partial charge in [0.2, 0.25) is 0 Å². The molecule has 1 atom stereocenters. The Balaban J connectivity index is 1.94. The van der Waals surface area contributed by atoms with Crippen LogP contribution in [0, 0.1) is 0 Å².